The van der Waals surface area contributed by atoms with Gasteiger partial charge in [0.15, 0.2) is 11.6 Å². The van der Waals surface area contributed by atoms with Gasteiger partial charge in [0, 0.05) is 10.9 Å². The first-order valence-corrected chi connectivity index (χ1v) is 11.4. The molecule has 3 N–H and O–H groups in total. The number of fused-ring (bicyclic) bond motifs is 1. The molecule has 172 valence electrons. The Labute approximate surface area is 194 Å². The number of hydrogen-bond donors (Lipinski definition) is 2. The van der Waals surface area contributed by atoms with Gasteiger partial charge in [0.1, 0.15) is 12.4 Å². The molecule has 0 unspecified atom stereocenters. The van der Waals surface area contributed by atoms with Crippen molar-refractivity contribution in [3.63, 3.8) is 0 Å². The van der Waals surface area contributed by atoms with Crippen LogP contribution in [0.1, 0.15) is 55.2 Å². The number of nitrogen functional groups attached to an aromatic ring is 1. The van der Waals surface area contributed by atoms with Gasteiger partial charge in [0.25, 0.3) is 0 Å². The van der Waals surface area contributed by atoms with Gasteiger partial charge in [-0.3, -0.25) is 0 Å². The number of aromatic nitrogens is 2. The van der Waals surface area contributed by atoms with Crippen LogP contribution in [0.4, 0.5) is 10.3 Å². The van der Waals surface area contributed by atoms with Crippen molar-refractivity contribution in [2.24, 2.45) is 5.16 Å². The van der Waals surface area contributed by atoms with E-state index in [1.54, 1.807) is 6.07 Å². The Morgan fingerprint density at radius 3 is 2.91 bits per heavy atom. The van der Waals surface area contributed by atoms with Gasteiger partial charge < -0.3 is 25.4 Å². The largest absolute Gasteiger partial charge is 0.394 e. The molecule has 2 aromatic rings. The number of rotatable bonds is 6. The first-order chi connectivity index (χ1) is 15.2. The number of nitrogens with one attached hydrogen (secondary N) is 1. The van der Waals surface area contributed by atoms with E-state index in [0.717, 1.165) is 35.4 Å². The van der Waals surface area contributed by atoms with Gasteiger partial charge in [0.2, 0.25) is 5.95 Å². The highest BCUT2D eigenvalue weighted by atomic mass is 79.9. The van der Waals surface area contributed by atoms with Crippen molar-refractivity contribution in [3.8, 4) is 0 Å². The molecule has 1 fully saturated rings. The Bertz CT molecular complexity index is 1030. The number of oxime groups is 1. The number of ether oxygens (including phenoxy) is 2. The Kier molecular flexibility index (Phi) is 6.64. The van der Waals surface area contributed by atoms with Crippen LogP contribution in [-0.4, -0.2) is 40.9 Å². The maximum Gasteiger partial charge on any atom is 0.220 e. The van der Waals surface area contributed by atoms with Gasteiger partial charge in [-0.15, -0.1) is 0 Å². The molecule has 8 nitrogen and oxygen atoms in total. The van der Waals surface area contributed by atoms with Gasteiger partial charge in [-0.05, 0) is 51.3 Å². The molecule has 32 heavy (non-hydrogen) atoms. The summed E-state index contributed by atoms with van der Waals surface area (Å²) in [5.74, 6) is -0.0880. The van der Waals surface area contributed by atoms with Gasteiger partial charge >= 0.3 is 0 Å². The molecule has 2 aliphatic rings. The molecule has 2 aliphatic heterocycles. The standard InChI is InChI=1S/C22H27BrFN5O3/c1-12-19-18(28-21(25)26-12)10-17(15-7-6-13(24)9-16(15)23)27-20(19)29-31-8-4-5-14-11-30-22(2,3)32-14/h6-7,9,14,17H,4-5,8,10-11H2,1-3H3,(H,27,29)(H2,25,26,28)/t14-,17-/m1/s1. The van der Waals surface area contributed by atoms with E-state index < -0.39 is 5.79 Å². The second-order valence-electron chi connectivity index (χ2n) is 8.42. The first-order valence-electron chi connectivity index (χ1n) is 10.6. The van der Waals surface area contributed by atoms with Gasteiger partial charge in [-0.25, -0.2) is 14.4 Å². The lowest BCUT2D eigenvalue weighted by atomic mass is 9.94. The fraction of sp³-hybridized carbons (Fsp3) is 0.500. The van der Waals surface area contributed by atoms with Crippen LogP contribution in [0.2, 0.25) is 0 Å². The molecule has 1 aromatic heterocycles. The molecule has 4 rings (SSSR count). The van der Waals surface area contributed by atoms with Crippen LogP contribution in [0.25, 0.3) is 0 Å². The van der Waals surface area contributed by atoms with E-state index in [1.165, 1.54) is 12.1 Å². The van der Waals surface area contributed by atoms with Crippen molar-refractivity contribution in [2.75, 3.05) is 18.9 Å². The van der Waals surface area contributed by atoms with Crippen LogP contribution in [0.5, 0.6) is 0 Å². The highest BCUT2D eigenvalue weighted by molar-refractivity contribution is 9.10. The van der Waals surface area contributed by atoms with Crippen LogP contribution in [0.3, 0.4) is 0 Å². The van der Waals surface area contributed by atoms with Crippen LogP contribution in [-0.2, 0) is 20.7 Å². The Balaban J connectivity index is 1.48. The Morgan fingerprint density at radius 1 is 1.38 bits per heavy atom. The van der Waals surface area contributed by atoms with E-state index in [-0.39, 0.29) is 23.9 Å². The fourth-order valence-electron chi connectivity index (χ4n) is 4.03. The average molecular weight is 508 g/mol. The summed E-state index contributed by atoms with van der Waals surface area (Å²) in [5.41, 5.74) is 9.05. The van der Waals surface area contributed by atoms with Crippen molar-refractivity contribution in [1.82, 2.24) is 15.3 Å². The molecule has 0 aliphatic carbocycles. The van der Waals surface area contributed by atoms with E-state index in [9.17, 15) is 4.39 Å². The summed E-state index contributed by atoms with van der Waals surface area (Å²) in [6.45, 7) is 6.70. The number of hydrogen-bond acceptors (Lipinski definition) is 7. The monoisotopic (exact) mass is 507 g/mol. The van der Waals surface area contributed by atoms with Crippen molar-refractivity contribution >= 4 is 27.7 Å². The van der Waals surface area contributed by atoms with Gasteiger partial charge in [-0.1, -0.05) is 27.2 Å². The zero-order valence-corrected chi connectivity index (χ0v) is 19.9. The van der Waals surface area contributed by atoms with Crippen molar-refractivity contribution in [2.45, 2.75) is 58.0 Å². The molecular formula is C22H27BrFN5O3. The third-order valence-electron chi connectivity index (χ3n) is 5.45. The highest BCUT2D eigenvalue weighted by Crippen LogP contribution is 2.31. The lowest BCUT2D eigenvalue weighted by Crippen LogP contribution is -2.38. The number of nitrogens with zero attached hydrogens (tertiary/aromatic N) is 3. The predicted octanol–water partition coefficient (Wildman–Crippen LogP) is 3.77. The summed E-state index contributed by atoms with van der Waals surface area (Å²) in [5, 5.41) is 7.75. The zero-order valence-electron chi connectivity index (χ0n) is 18.3. The number of anilines is 1. The molecule has 0 saturated carbocycles. The third-order valence-corrected chi connectivity index (χ3v) is 6.14. The maximum absolute atomic E-state index is 13.6. The number of halogens is 2. The molecule has 0 bridgehead atoms. The summed E-state index contributed by atoms with van der Waals surface area (Å²) >= 11 is 3.45. The van der Waals surface area contributed by atoms with E-state index >= 15 is 0 Å². The molecule has 0 spiro atoms. The SMILES string of the molecule is Cc1nc(N)nc2c1/C(=N/OCCC[C@@H]1COC(C)(C)O1)N[C@@H](c1ccc(F)cc1Br)C2. The number of benzene rings is 1. The minimum absolute atomic E-state index is 0.0635. The average Bonchev–Trinajstić information content (AvgIpc) is 3.05. The molecule has 0 radical (unpaired) electrons. The van der Waals surface area contributed by atoms with E-state index in [4.69, 9.17) is 20.0 Å². The molecule has 1 saturated heterocycles. The lowest BCUT2D eigenvalue weighted by Gasteiger charge is -2.29. The number of amidine groups is 1. The summed E-state index contributed by atoms with van der Waals surface area (Å²) in [7, 11) is 0. The summed E-state index contributed by atoms with van der Waals surface area (Å²) in [6.07, 6.45) is 2.22. The fourth-order valence-corrected chi connectivity index (χ4v) is 4.66. The summed E-state index contributed by atoms with van der Waals surface area (Å²) in [4.78, 5) is 14.3. The lowest BCUT2D eigenvalue weighted by molar-refractivity contribution is -0.139. The first kappa shape index (κ1) is 22.9. The number of nitrogens with two attached hydrogens (primary N) is 1. The number of aryl methyl sites for hydroxylation is 1. The Morgan fingerprint density at radius 2 is 2.19 bits per heavy atom. The van der Waals surface area contributed by atoms with Gasteiger partial charge in [0.05, 0.1) is 35.7 Å². The molecule has 10 heteroatoms. The second kappa shape index (κ2) is 9.29. The third kappa shape index (κ3) is 5.19. The molecule has 2 atom stereocenters. The quantitative estimate of drug-likeness (QED) is 0.452. The smallest absolute Gasteiger partial charge is 0.220 e. The van der Waals surface area contributed by atoms with Crippen LogP contribution in [0, 0.1) is 12.7 Å². The molecule has 1 aromatic carbocycles. The molecule has 0 amide bonds. The molecule has 3 heterocycles. The Hall–Kier alpha value is -2.30. The maximum atomic E-state index is 13.6. The van der Waals surface area contributed by atoms with Crippen LogP contribution >= 0.6 is 15.9 Å². The zero-order chi connectivity index (χ0) is 22.9. The second-order valence-corrected chi connectivity index (χ2v) is 9.28. The van der Waals surface area contributed by atoms with Crippen molar-refractivity contribution < 1.29 is 18.7 Å². The highest BCUT2D eigenvalue weighted by Gasteiger charge is 2.32. The van der Waals surface area contributed by atoms with E-state index in [1.807, 2.05) is 20.8 Å². The van der Waals surface area contributed by atoms with Crippen molar-refractivity contribution in [1.29, 1.82) is 0 Å². The van der Waals surface area contributed by atoms with Crippen LogP contribution in [0.15, 0.2) is 27.8 Å². The minimum Gasteiger partial charge on any atom is -0.394 e. The van der Waals surface area contributed by atoms with E-state index in [2.05, 4.69) is 36.4 Å². The molecular weight excluding hydrogens is 481 g/mol. The summed E-state index contributed by atoms with van der Waals surface area (Å²) < 4.78 is 25.6. The van der Waals surface area contributed by atoms with Crippen LogP contribution < -0.4 is 11.1 Å². The normalized spacial score (nSPS) is 23.1. The minimum atomic E-state index is -0.523. The predicted molar refractivity (Wildman–Crippen MR) is 121 cm³/mol. The van der Waals surface area contributed by atoms with Crippen molar-refractivity contribution in [3.05, 3.63) is 51.0 Å². The topological polar surface area (TPSA) is 104 Å². The van der Waals surface area contributed by atoms with Gasteiger partial charge in [-0.2, -0.15) is 0 Å². The van der Waals surface area contributed by atoms with E-state index in [0.29, 0.717) is 29.9 Å². The summed E-state index contributed by atoms with van der Waals surface area (Å²) in [6, 6.07) is 4.43.